The predicted molar refractivity (Wildman–Crippen MR) is 132 cm³/mol. The molecule has 2 aromatic rings. The highest BCUT2D eigenvalue weighted by Crippen LogP contribution is 2.25. The van der Waals surface area contributed by atoms with Crippen molar-refractivity contribution in [3.63, 3.8) is 0 Å². The lowest BCUT2D eigenvalue weighted by Gasteiger charge is -2.25. The van der Waals surface area contributed by atoms with Gasteiger partial charge >= 0.3 is 12.0 Å². The van der Waals surface area contributed by atoms with Gasteiger partial charge in [0.15, 0.2) is 6.10 Å². The summed E-state index contributed by atoms with van der Waals surface area (Å²) >= 11 is 0. The number of aliphatic carboxylic acids is 1. The number of anilines is 1. The number of amides is 2. The van der Waals surface area contributed by atoms with E-state index in [2.05, 4.69) is 19.2 Å². The van der Waals surface area contributed by atoms with Gasteiger partial charge in [-0.25, -0.2) is 9.59 Å². The zero-order valence-corrected chi connectivity index (χ0v) is 20.7. The number of methoxy groups -OCH3 is 1. The largest absolute Gasteiger partial charge is 0.495 e. The van der Waals surface area contributed by atoms with Gasteiger partial charge in [0.25, 0.3) is 0 Å². The number of carboxylic acid groups (broad SMARTS) is 1. The fourth-order valence-corrected chi connectivity index (χ4v) is 3.46. The molecule has 0 aliphatic heterocycles. The number of nitrogens with zero attached hydrogens (tertiary/aromatic N) is 1. The number of carbonyl (C=O) groups is 2. The average molecular weight is 473 g/mol. The summed E-state index contributed by atoms with van der Waals surface area (Å²) in [5, 5.41) is 12.2. The van der Waals surface area contributed by atoms with Crippen LogP contribution < -0.4 is 14.8 Å². The van der Waals surface area contributed by atoms with Gasteiger partial charge in [-0.3, -0.25) is 0 Å². The molecule has 186 valence electrons. The lowest BCUT2D eigenvalue weighted by atomic mass is 10.1. The second-order valence-corrected chi connectivity index (χ2v) is 8.45. The molecule has 0 aromatic heterocycles. The molecule has 8 nitrogen and oxygen atoms in total. The lowest BCUT2D eigenvalue weighted by Crippen LogP contribution is -2.40. The highest BCUT2D eigenvalue weighted by molar-refractivity contribution is 5.91. The van der Waals surface area contributed by atoms with Crippen LogP contribution in [0, 0.1) is 12.8 Å². The van der Waals surface area contributed by atoms with E-state index in [4.69, 9.17) is 14.2 Å². The van der Waals surface area contributed by atoms with Gasteiger partial charge in [0, 0.05) is 19.6 Å². The van der Waals surface area contributed by atoms with E-state index >= 15 is 0 Å². The number of ether oxygens (including phenoxy) is 3. The van der Waals surface area contributed by atoms with Gasteiger partial charge in [-0.05, 0) is 55.2 Å². The van der Waals surface area contributed by atoms with Crippen LogP contribution in [-0.4, -0.2) is 61.5 Å². The SMILES string of the molecule is CCOC(Cc1ccc(OCCN(CC(C)C)C(=O)Nc2cc(C)ccc2OC)cc1)C(=O)O. The Morgan fingerprint density at radius 1 is 1.12 bits per heavy atom. The Hall–Kier alpha value is -3.26. The first kappa shape index (κ1) is 27.0. The van der Waals surface area contributed by atoms with Crippen LogP contribution in [0.3, 0.4) is 0 Å². The van der Waals surface area contributed by atoms with Crippen molar-refractivity contribution in [2.75, 3.05) is 38.7 Å². The Morgan fingerprint density at radius 2 is 1.82 bits per heavy atom. The number of aryl methyl sites for hydroxylation is 1. The molecular formula is C26H36N2O6. The molecule has 0 aliphatic carbocycles. The topological polar surface area (TPSA) is 97.3 Å². The smallest absolute Gasteiger partial charge is 0.333 e. The van der Waals surface area contributed by atoms with Crippen molar-refractivity contribution >= 4 is 17.7 Å². The average Bonchev–Trinajstić information content (AvgIpc) is 2.79. The Balaban J connectivity index is 1.95. The van der Waals surface area contributed by atoms with Crippen LogP contribution in [0.1, 0.15) is 31.9 Å². The van der Waals surface area contributed by atoms with Crippen molar-refractivity contribution < 1.29 is 28.9 Å². The zero-order chi connectivity index (χ0) is 25.1. The summed E-state index contributed by atoms with van der Waals surface area (Å²) in [7, 11) is 1.57. The van der Waals surface area contributed by atoms with Crippen LogP contribution in [0.15, 0.2) is 42.5 Å². The van der Waals surface area contributed by atoms with E-state index in [-0.39, 0.29) is 18.4 Å². The van der Waals surface area contributed by atoms with Crippen LogP contribution in [-0.2, 0) is 16.0 Å². The molecule has 0 saturated heterocycles. The molecule has 34 heavy (non-hydrogen) atoms. The number of rotatable bonds is 13. The molecular weight excluding hydrogens is 436 g/mol. The van der Waals surface area contributed by atoms with Crippen LogP contribution in [0.4, 0.5) is 10.5 Å². The summed E-state index contributed by atoms with van der Waals surface area (Å²) in [6.07, 6.45) is -0.583. The quantitative estimate of drug-likeness (QED) is 0.442. The summed E-state index contributed by atoms with van der Waals surface area (Å²) in [4.78, 5) is 26.0. The molecule has 2 amide bonds. The van der Waals surface area contributed by atoms with Crippen molar-refractivity contribution in [2.45, 2.75) is 40.2 Å². The molecule has 0 radical (unpaired) electrons. The number of hydrogen-bond donors (Lipinski definition) is 2. The number of nitrogens with one attached hydrogen (secondary N) is 1. The van der Waals surface area contributed by atoms with E-state index < -0.39 is 12.1 Å². The van der Waals surface area contributed by atoms with Gasteiger partial charge in [0.2, 0.25) is 0 Å². The van der Waals surface area contributed by atoms with E-state index in [1.807, 2.05) is 37.3 Å². The van der Waals surface area contributed by atoms with E-state index in [1.54, 1.807) is 31.1 Å². The molecule has 2 aromatic carbocycles. The van der Waals surface area contributed by atoms with Crippen molar-refractivity contribution in [1.82, 2.24) is 4.90 Å². The molecule has 8 heteroatoms. The number of carboxylic acids is 1. The minimum Gasteiger partial charge on any atom is -0.495 e. The molecule has 1 atom stereocenters. The minimum atomic E-state index is -0.978. The summed E-state index contributed by atoms with van der Waals surface area (Å²) in [6.45, 7) is 9.49. The van der Waals surface area contributed by atoms with Crippen LogP contribution in [0.5, 0.6) is 11.5 Å². The fourth-order valence-electron chi connectivity index (χ4n) is 3.46. The first-order chi connectivity index (χ1) is 16.2. The van der Waals surface area contributed by atoms with Crippen LogP contribution in [0.25, 0.3) is 0 Å². The Labute approximate surface area is 201 Å². The Morgan fingerprint density at radius 3 is 2.41 bits per heavy atom. The van der Waals surface area contributed by atoms with Gasteiger partial charge in [-0.15, -0.1) is 0 Å². The van der Waals surface area contributed by atoms with Gasteiger partial charge in [0.1, 0.15) is 18.1 Å². The first-order valence-electron chi connectivity index (χ1n) is 11.5. The maximum atomic E-state index is 13.0. The zero-order valence-electron chi connectivity index (χ0n) is 20.7. The normalized spacial score (nSPS) is 11.7. The second kappa shape index (κ2) is 13.4. The second-order valence-electron chi connectivity index (χ2n) is 8.45. The summed E-state index contributed by atoms with van der Waals surface area (Å²) in [6, 6.07) is 12.7. The van der Waals surface area contributed by atoms with E-state index in [1.165, 1.54) is 0 Å². The van der Waals surface area contributed by atoms with Crippen molar-refractivity contribution in [1.29, 1.82) is 0 Å². The monoisotopic (exact) mass is 472 g/mol. The standard InChI is InChI=1S/C26H36N2O6/c1-6-33-24(25(29)30)16-20-8-10-21(11-9-20)34-14-13-28(17-18(2)3)26(31)27-22-15-19(4)7-12-23(22)32-5/h7-12,15,18,24H,6,13-14,16-17H2,1-5H3,(H,27,31)(H,29,30). The van der Waals surface area contributed by atoms with Gasteiger partial charge in [-0.1, -0.05) is 32.0 Å². The lowest BCUT2D eigenvalue weighted by molar-refractivity contribution is -0.149. The summed E-state index contributed by atoms with van der Waals surface area (Å²) in [5.41, 5.74) is 2.50. The van der Waals surface area contributed by atoms with Crippen molar-refractivity contribution in [2.24, 2.45) is 5.92 Å². The third kappa shape index (κ3) is 8.59. The van der Waals surface area contributed by atoms with Crippen molar-refractivity contribution in [3.05, 3.63) is 53.6 Å². The van der Waals surface area contributed by atoms with Crippen LogP contribution in [0.2, 0.25) is 0 Å². The molecule has 0 bridgehead atoms. The van der Waals surface area contributed by atoms with Crippen molar-refractivity contribution in [3.8, 4) is 11.5 Å². The Kier molecular flexibility index (Phi) is 10.7. The molecule has 0 saturated carbocycles. The maximum absolute atomic E-state index is 13.0. The highest BCUT2D eigenvalue weighted by Gasteiger charge is 2.19. The molecule has 1 unspecified atom stereocenters. The van der Waals surface area contributed by atoms with E-state index in [0.29, 0.717) is 43.5 Å². The number of benzene rings is 2. The third-order valence-electron chi connectivity index (χ3n) is 5.09. The number of carbonyl (C=O) groups excluding carboxylic acids is 1. The third-order valence-corrected chi connectivity index (χ3v) is 5.09. The van der Waals surface area contributed by atoms with Gasteiger partial charge in [-0.2, -0.15) is 0 Å². The van der Waals surface area contributed by atoms with Gasteiger partial charge in [0.05, 0.1) is 19.3 Å². The molecule has 2 N–H and O–H groups in total. The predicted octanol–water partition coefficient (Wildman–Crippen LogP) is 4.60. The maximum Gasteiger partial charge on any atom is 0.333 e. The molecule has 0 spiro atoms. The number of urea groups is 1. The molecule has 0 fully saturated rings. The van der Waals surface area contributed by atoms with Gasteiger partial charge < -0.3 is 29.5 Å². The first-order valence-corrected chi connectivity index (χ1v) is 11.5. The highest BCUT2D eigenvalue weighted by atomic mass is 16.5. The summed E-state index contributed by atoms with van der Waals surface area (Å²) < 4.78 is 16.5. The van der Waals surface area contributed by atoms with Crippen LogP contribution >= 0.6 is 0 Å². The molecule has 2 rings (SSSR count). The number of hydrogen-bond acceptors (Lipinski definition) is 5. The molecule has 0 aliphatic rings. The molecule has 0 heterocycles. The van der Waals surface area contributed by atoms with E-state index in [0.717, 1.165) is 11.1 Å². The minimum absolute atomic E-state index is 0.216. The Bertz CT molecular complexity index is 929. The fraction of sp³-hybridized carbons (Fsp3) is 0.462. The summed E-state index contributed by atoms with van der Waals surface area (Å²) in [5.74, 6) is 0.567. The van der Waals surface area contributed by atoms with E-state index in [9.17, 15) is 14.7 Å².